The molecule has 2 aromatic carbocycles. The fourth-order valence-electron chi connectivity index (χ4n) is 4.55. The number of carbonyl (C=O) groups excluding carboxylic acids is 1. The molecule has 2 heterocycles. The van der Waals surface area contributed by atoms with Crippen molar-refractivity contribution in [1.82, 2.24) is 15.5 Å². The number of para-hydroxylation sites is 1. The molecule has 154 valence electrons. The summed E-state index contributed by atoms with van der Waals surface area (Å²) in [7, 11) is 0. The van der Waals surface area contributed by atoms with E-state index in [0.717, 1.165) is 45.6 Å². The molecule has 0 radical (unpaired) electrons. The first-order valence-electron chi connectivity index (χ1n) is 10.8. The van der Waals surface area contributed by atoms with Crippen molar-refractivity contribution in [2.45, 2.75) is 31.8 Å². The molecule has 5 heteroatoms. The van der Waals surface area contributed by atoms with Gasteiger partial charge in [0.1, 0.15) is 0 Å². The highest BCUT2D eigenvalue weighted by atomic mass is 16.2. The summed E-state index contributed by atoms with van der Waals surface area (Å²) in [6, 6.07) is 21.7. The molecule has 2 saturated heterocycles. The lowest BCUT2D eigenvalue weighted by Gasteiger charge is -2.25. The molecule has 2 amide bonds. The number of hydrogen-bond acceptors (Lipinski definition) is 3. The molecule has 2 N–H and O–H groups in total. The molecule has 0 aromatic heterocycles. The third-order valence-corrected chi connectivity index (χ3v) is 6.34. The highest BCUT2D eigenvalue weighted by Gasteiger charge is 2.28. The standard InChI is InChI=1S/C24H32N4O/c1-19(21-8-4-2-5-9-21)27-15-13-22(18-27)26-24(29)25-16-20-12-14-28(17-20)23-10-6-3-7-11-23/h2-11,19-20,22H,12-18H2,1H3,(H2,25,26,29)/t19-,20+,22+/m1/s1. The van der Waals surface area contributed by atoms with E-state index in [4.69, 9.17) is 0 Å². The molecule has 2 aromatic rings. The second kappa shape index (κ2) is 9.31. The summed E-state index contributed by atoms with van der Waals surface area (Å²) in [5.74, 6) is 0.513. The number of rotatable bonds is 6. The van der Waals surface area contributed by atoms with Gasteiger partial charge in [-0.1, -0.05) is 48.5 Å². The summed E-state index contributed by atoms with van der Waals surface area (Å²) < 4.78 is 0. The fourth-order valence-corrected chi connectivity index (χ4v) is 4.55. The first-order chi connectivity index (χ1) is 14.2. The summed E-state index contributed by atoms with van der Waals surface area (Å²) in [5.41, 5.74) is 2.61. The van der Waals surface area contributed by atoms with Crippen LogP contribution >= 0.6 is 0 Å². The number of amides is 2. The lowest BCUT2D eigenvalue weighted by molar-refractivity contribution is 0.230. The van der Waals surface area contributed by atoms with Gasteiger partial charge in [0.2, 0.25) is 0 Å². The maximum Gasteiger partial charge on any atom is 0.315 e. The van der Waals surface area contributed by atoms with E-state index in [1.807, 2.05) is 6.07 Å². The van der Waals surface area contributed by atoms with Crippen LogP contribution in [0.2, 0.25) is 0 Å². The second-order valence-electron chi connectivity index (χ2n) is 8.36. The van der Waals surface area contributed by atoms with Crippen molar-refractivity contribution < 1.29 is 4.79 Å². The highest BCUT2D eigenvalue weighted by molar-refractivity contribution is 5.74. The third-order valence-electron chi connectivity index (χ3n) is 6.34. The van der Waals surface area contributed by atoms with Crippen molar-refractivity contribution in [3.05, 3.63) is 66.2 Å². The molecular weight excluding hydrogens is 360 g/mol. The maximum atomic E-state index is 12.4. The van der Waals surface area contributed by atoms with E-state index in [-0.39, 0.29) is 12.1 Å². The van der Waals surface area contributed by atoms with Crippen LogP contribution < -0.4 is 15.5 Å². The first kappa shape index (κ1) is 19.8. The Bertz CT molecular complexity index is 782. The average molecular weight is 393 g/mol. The molecule has 5 nitrogen and oxygen atoms in total. The number of urea groups is 1. The van der Waals surface area contributed by atoms with Crippen LogP contribution in [0.25, 0.3) is 0 Å². The normalized spacial score (nSPS) is 23.1. The monoisotopic (exact) mass is 392 g/mol. The van der Waals surface area contributed by atoms with Crippen molar-refractivity contribution in [1.29, 1.82) is 0 Å². The van der Waals surface area contributed by atoms with Crippen molar-refractivity contribution in [2.24, 2.45) is 5.92 Å². The van der Waals surface area contributed by atoms with E-state index in [1.165, 1.54) is 11.3 Å². The van der Waals surface area contributed by atoms with Crippen LogP contribution in [0.5, 0.6) is 0 Å². The minimum atomic E-state index is -0.0256. The number of benzene rings is 2. The third kappa shape index (κ3) is 5.10. The molecule has 0 unspecified atom stereocenters. The van der Waals surface area contributed by atoms with Gasteiger partial charge in [-0.05, 0) is 43.4 Å². The van der Waals surface area contributed by atoms with Gasteiger partial charge in [0, 0.05) is 50.5 Å². The summed E-state index contributed by atoms with van der Waals surface area (Å²) >= 11 is 0. The highest BCUT2D eigenvalue weighted by Crippen LogP contribution is 2.25. The number of likely N-dealkylation sites (tertiary alicyclic amines) is 1. The lowest BCUT2D eigenvalue weighted by Crippen LogP contribution is -2.45. The van der Waals surface area contributed by atoms with Gasteiger partial charge in [-0.2, -0.15) is 0 Å². The number of nitrogens with one attached hydrogen (secondary N) is 2. The van der Waals surface area contributed by atoms with Gasteiger partial charge in [0.15, 0.2) is 0 Å². The number of carbonyl (C=O) groups is 1. The van der Waals surface area contributed by atoms with Crippen molar-refractivity contribution in [3.8, 4) is 0 Å². The maximum absolute atomic E-state index is 12.4. The van der Waals surface area contributed by atoms with Crippen LogP contribution in [0.1, 0.15) is 31.4 Å². The minimum absolute atomic E-state index is 0.0256. The SMILES string of the molecule is C[C@H](c1ccccc1)N1CC[C@H](NC(=O)NC[C@@H]2CCN(c3ccccc3)C2)C1. The molecule has 29 heavy (non-hydrogen) atoms. The molecule has 2 aliphatic heterocycles. The summed E-state index contributed by atoms with van der Waals surface area (Å²) in [6.45, 7) is 7.00. The van der Waals surface area contributed by atoms with Crippen LogP contribution in [0.15, 0.2) is 60.7 Å². The Kier molecular flexibility index (Phi) is 6.35. The van der Waals surface area contributed by atoms with Gasteiger partial charge in [-0.3, -0.25) is 4.90 Å². The Labute approximate surface area is 174 Å². The van der Waals surface area contributed by atoms with E-state index >= 15 is 0 Å². The first-order valence-corrected chi connectivity index (χ1v) is 10.8. The van der Waals surface area contributed by atoms with Crippen LogP contribution in [-0.2, 0) is 0 Å². The van der Waals surface area contributed by atoms with E-state index in [1.54, 1.807) is 0 Å². The van der Waals surface area contributed by atoms with E-state index in [2.05, 4.69) is 82.0 Å². The Morgan fingerprint density at radius 1 is 1.00 bits per heavy atom. The number of nitrogens with zero attached hydrogens (tertiary/aromatic N) is 2. The smallest absolute Gasteiger partial charge is 0.315 e. The second-order valence-corrected chi connectivity index (χ2v) is 8.36. The lowest BCUT2D eigenvalue weighted by atomic mass is 10.1. The molecule has 0 aliphatic carbocycles. The van der Waals surface area contributed by atoms with Gasteiger partial charge in [0.05, 0.1) is 0 Å². The Hall–Kier alpha value is -2.53. The zero-order valence-electron chi connectivity index (χ0n) is 17.3. The summed E-state index contributed by atoms with van der Waals surface area (Å²) in [5, 5.41) is 6.28. The Morgan fingerprint density at radius 2 is 1.72 bits per heavy atom. The number of hydrogen-bond donors (Lipinski definition) is 2. The van der Waals surface area contributed by atoms with Crippen LogP contribution in [0.4, 0.5) is 10.5 Å². The molecule has 0 spiro atoms. The predicted molar refractivity (Wildman–Crippen MR) is 118 cm³/mol. The van der Waals surface area contributed by atoms with Gasteiger partial charge in [-0.15, -0.1) is 0 Å². The quantitative estimate of drug-likeness (QED) is 0.789. The molecule has 2 aliphatic rings. The van der Waals surface area contributed by atoms with E-state index in [9.17, 15) is 4.79 Å². The van der Waals surface area contributed by atoms with Crippen LogP contribution in [-0.4, -0.2) is 49.7 Å². The van der Waals surface area contributed by atoms with Crippen LogP contribution in [0, 0.1) is 5.92 Å². The summed E-state index contributed by atoms with van der Waals surface area (Å²) in [6.07, 6.45) is 2.14. The summed E-state index contributed by atoms with van der Waals surface area (Å²) in [4.78, 5) is 17.3. The van der Waals surface area contributed by atoms with E-state index < -0.39 is 0 Å². The zero-order chi connectivity index (χ0) is 20.1. The van der Waals surface area contributed by atoms with E-state index in [0.29, 0.717) is 12.0 Å². The predicted octanol–water partition coefficient (Wildman–Crippen LogP) is 3.65. The van der Waals surface area contributed by atoms with Gasteiger partial charge >= 0.3 is 6.03 Å². The minimum Gasteiger partial charge on any atom is -0.371 e. The fraction of sp³-hybridized carbons (Fsp3) is 0.458. The number of anilines is 1. The molecule has 0 bridgehead atoms. The molecule has 4 rings (SSSR count). The molecule has 2 fully saturated rings. The topological polar surface area (TPSA) is 47.6 Å². The van der Waals surface area contributed by atoms with Crippen LogP contribution in [0.3, 0.4) is 0 Å². The van der Waals surface area contributed by atoms with Crippen molar-refractivity contribution in [2.75, 3.05) is 37.6 Å². The van der Waals surface area contributed by atoms with Crippen molar-refractivity contribution in [3.63, 3.8) is 0 Å². The van der Waals surface area contributed by atoms with Gasteiger partial charge in [-0.25, -0.2) is 4.79 Å². The molecule has 0 saturated carbocycles. The molecular formula is C24H32N4O. The largest absolute Gasteiger partial charge is 0.371 e. The zero-order valence-corrected chi connectivity index (χ0v) is 17.3. The van der Waals surface area contributed by atoms with Gasteiger partial charge in [0.25, 0.3) is 0 Å². The average Bonchev–Trinajstić information content (AvgIpc) is 3.43. The molecule has 3 atom stereocenters. The Morgan fingerprint density at radius 3 is 2.48 bits per heavy atom. The van der Waals surface area contributed by atoms with Gasteiger partial charge < -0.3 is 15.5 Å². The van der Waals surface area contributed by atoms with Crippen molar-refractivity contribution >= 4 is 11.7 Å². The Balaban J connectivity index is 1.18.